The second-order valence-corrected chi connectivity index (χ2v) is 8.29. The molecule has 1 N–H and O–H groups in total. The first-order valence-corrected chi connectivity index (χ1v) is 8.95. The van der Waals surface area contributed by atoms with E-state index in [0.29, 0.717) is 5.41 Å². The Balaban J connectivity index is 1.89. The van der Waals surface area contributed by atoms with E-state index in [-0.39, 0.29) is 0 Å². The van der Waals surface area contributed by atoms with Crippen LogP contribution in [-0.2, 0) is 0 Å². The lowest BCUT2D eigenvalue weighted by Gasteiger charge is -2.37. The molecule has 2 aliphatic carbocycles. The molecule has 2 aliphatic rings. The number of nitrogens with one attached hydrogen (secondary N) is 1. The molecule has 0 amide bonds. The highest BCUT2D eigenvalue weighted by atomic mass is 15.2. The van der Waals surface area contributed by atoms with Crippen molar-refractivity contribution in [3.05, 3.63) is 0 Å². The molecule has 0 unspecified atom stereocenters. The van der Waals surface area contributed by atoms with Crippen LogP contribution in [0, 0.1) is 17.3 Å². The quantitative estimate of drug-likeness (QED) is 0.689. The van der Waals surface area contributed by atoms with Gasteiger partial charge < -0.3 is 5.32 Å². The molecule has 2 rings (SSSR count). The van der Waals surface area contributed by atoms with Gasteiger partial charge in [-0.15, -0.1) is 0 Å². The first kappa shape index (κ1) is 16.3. The van der Waals surface area contributed by atoms with Crippen LogP contribution in [-0.4, -0.2) is 37.1 Å². The first-order chi connectivity index (χ1) is 9.51. The Morgan fingerprint density at radius 3 is 2.20 bits per heavy atom. The Kier molecular flexibility index (Phi) is 5.92. The molecule has 0 radical (unpaired) electrons. The summed E-state index contributed by atoms with van der Waals surface area (Å²) in [5.74, 6) is 1.57. The van der Waals surface area contributed by atoms with Crippen LogP contribution in [0.25, 0.3) is 0 Å². The number of hydrogen-bond donors (Lipinski definition) is 1. The maximum Gasteiger partial charge on any atom is 0.00967 e. The number of rotatable bonds is 9. The highest BCUT2D eigenvalue weighted by Crippen LogP contribution is 2.41. The summed E-state index contributed by atoms with van der Waals surface area (Å²) in [7, 11) is 0. The average molecular weight is 280 g/mol. The summed E-state index contributed by atoms with van der Waals surface area (Å²) in [6, 6.07) is 0.917. The van der Waals surface area contributed by atoms with Crippen LogP contribution in [0.5, 0.6) is 0 Å². The summed E-state index contributed by atoms with van der Waals surface area (Å²) in [6.45, 7) is 14.4. The molecule has 20 heavy (non-hydrogen) atoms. The molecule has 2 saturated carbocycles. The van der Waals surface area contributed by atoms with E-state index in [2.05, 4.69) is 37.9 Å². The fourth-order valence-electron chi connectivity index (χ4n) is 3.82. The fraction of sp³-hybridized carbons (Fsp3) is 1.00. The maximum absolute atomic E-state index is 3.76. The minimum atomic E-state index is 0.576. The van der Waals surface area contributed by atoms with Crippen LogP contribution in [0.15, 0.2) is 0 Å². The van der Waals surface area contributed by atoms with Crippen LogP contribution >= 0.6 is 0 Å². The Morgan fingerprint density at radius 2 is 1.70 bits per heavy atom. The third-order valence-electron chi connectivity index (χ3n) is 4.92. The van der Waals surface area contributed by atoms with E-state index >= 15 is 0 Å². The summed E-state index contributed by atoms with van der Waals surface area (Å²) in [5, 5.41) is 3.76. The summed E-state index contributed by atoms with van der Waals surface area (Å²) < 4.78 is 0. The van der Waals surface area contributed by atoms with Gasteiger partial charge in [-0.1, -0.05) is 40.5 Å². The lowest BCUT2D eigenvalue weighted by molar-refractivity contribution is 0.129. The van der Waals surface area contributed by atoms with Crippen molar-refractivity contribution >= 4 is 0 Å². The lowest BCUT2D eigenvalue weighted by atomic mass is 9.85. The van der Waals surface area contributed by atoms with Crippen LogP contribution < -0.4 is 5.32 Å². The molecule has 0 aromatic carbocycles. The second kappa shape index (κ2) is 7.26. The first-order valence-electron chi connectivity index (χ1n) is 8.95. The largest absolute Gasteiger partial charge is 0.316 e. The second-order valence-electron chi connectivity index (χ2n) is 8.29. The van der Waals surface area contributed by atoms with Gasteiger partial charge in [0.2, 0.25) is 0 Å². The van der Waals surface area contributed by atoms with Gasteiger partial charge in [0.05, 0.1) is 0 Å². The van der Waals surface area contributed by atoms with Gasteiger partial charge in [0.15, 0.2) is 0 Å². The zero-order valence-corrected chi connectivity index (χ0v) is 14.3. The molecule has 0 bridgehead atoms. The van der Waals surface area contributed by atoms with Crippen molar-refractivity contribution in [2.75, 3.05) is 26.2 Å². The average Bonchev–Trinajstić information content (AvgIpc) is 3.10. The molecule has 0 heterocycles. The molecule has 2 fully saturated rings. The maximum atomic E-state index is 3.76. The number of hydrogen-bond acceptors (Lipinski definition) is 2. The van der Waals surface area contributed by atoms with Gasteiger partial charge in [-0.25, -0.2) is 0 Å². The molecule has 2 heteroatoms. The van der Waals surface area contributed by atoms with Gasteiger partial charge >= 0.3 is 0 Å². The van der Waals surface area contributed by atoms with E-state index in [9.17, 15) is 0 Å². The molecular formula is C18H36N2. The fourth-order valence-corrected chi connectivity index (χ4v) is 3.82. The van der Waals surface area contributed by atoms with Crippen LogP contribution in [0.3, 0.4) is 0 Å². The minimum absolute atomic E-state index is 0.576. The molecule has 118 valence electrons. The lowest BCUT2D eigenvalue weighted by Crippen LogP contribution is -2.45. The zero-order chi connectivity index (χ0) is 14.6. The molecule has 0 aromatic heterocycles. The van der Waals surface area contributed by atoms with Crippen molar-refractivity contribution in [3.8, 4) is 0 Å². The molecule has 0 atom stereocenters. The van der Waals surface area contributed by atoms with Crippen molar-refractivity contribution in [1.29, 1.82) is 0 Å². The van der Waals surface area contributed by atoms with Crippen molar-refractivity contribution in [2.24, 2.45) is 17.3 Å². The minimum Gasteiger partial charge on any atom is -0.316 e. The normalized spacial score (nSPS) is 22.4. The molecule has 0 saturated heterocycles. The van der Waals surface area contributed by atoms with E-state index in [1.807, 2.05) is 0 Å². The van der Waals surface area contributed by atoms with E-state index in [1.54, 1.807) is 0 Å². The van der Waals surface area contributed by atoms with Gasteiger partial charge in [0.25, 0.3) is 0 Å². The Hall–Kier alpha value is -0.0800. The molecular weight excluding hydrogens is 244 g/mol. The Morgan fingerprint density at radius 1 is 1.05 bits per heavy atom. The van der Waals surface area contributed by atoms with E-state index < -0.39 is 0 Å². The molecule has 0 aromatic rings. The van der Waals surface area contributed by atoms with E-state index in [0.717, 1.165) is 17.9 Å². The van der Waals surface area contributed by atoms with Gasteiger partial charge in [-0.05, 0) is 49.5 Å². The van der Waals surface area contributed by atoms with Crippen molar-refractivity contribution in [1.82, 2.24) is 10.2 Å². The SMILES string of the molecule is CC(C)CNCC1(CN(CC(C)C)C2CC2)CCCC1. The van der Waals surface area contributed by atoms with Gasteiger partial charge in [-0.2, -0.15) is 0 Å². The summed E-state index contributed by atoms with van der Waals surface area (Å²) in [5.41, 5.74) is 0.576. The van der Waals surface area contributed by atoms with Gasteiger partial charge in [-0.3, -0.25) is 4.90 Å². The number of nitrogens with zero attached hydrogens (tertiary/aromatic N) is 1. The topological polar surface area (TPSA) is 15.3 Å². The monoisotopic (exact) mass is 280 g/mol. The summed E-state index contributed by atoms with van der Waals surface area (Å²) in [4.78, 5) is 2.83. The van der Waals surface area contributed by atoms with E-state index in [1.165, 1.54) is 64.7 Å². The van der Waals surface area contributed by atoms with Crippen molar-refractivity contribution in [3.63, 3.8) is 0 Å². The van der Waals surface area contributed by atoms with Crippen LogP contribution in [0.1, 0.15) is 66.2 Å². The smallest absolute Gasteiger partial charge is 0.00967 e. The third kappa shape index (κ3) is 5.04. The summed E-state index contributed by atoms with van der Waals surface area (Å²) >= 11 is 0. The predicted molar refractivity (Wildman–Crippen MR) is 88.0 cm³/mol. The van der Waals surface area contributed by atoms with Crippen molar-refractivity contribution < 1.29 is 0 Å². The zero-order valence-electron chi connectivity index (χ0n) is 14.3. The highest BCUT2D eigenvalue weighted by Gasteiger charge is 2.39. The predicted octanol–water partition coefficient (Wildman–Crippen LogP) is 3.91. The Bertz CT molecular complexity index is 275. The highest BCUT2D eigenvalue weighted by molar-refractivity contribution is 4.94. The van der Waals surface area contributed by atoms with Gasteiger partial charge in [0, 0.05) is 25.7 Å². The molecule has 0 spiro atoms. The van der Waals surface area contributed by atoms with E-state index in [4.69, 9.17) is 0 Å². The molecule has 0 aliphatic heterocycles. The van der Waals surface area contributed by atoms with Crippen molar-refractivity contribution in [2.45, 2.75) is 72.3 Å². The Labute approximate surface area is 126 Å². The van der Waals surface area contributed by atoms with Gasteiger partial charge in [0.1, 0.15) is 0 Å². The summed E-state index contributed by atoms with van der Waals surface area (Å²) in [6.07, 6.45) is 8.68. The van der Waals surface area contributed by atoms with Crippen LogP contribution in [0.4, 0.5) is 0 Å². The standard InChI is InChI=1S/C18H36N2/c1-15(2)11-19-13-18(9-5-6-10-18)14-20(12-16(3)4)17-7-8-17/h15-17,19H,5-14H2,1-4H3. The molecule has 2 nitrogen and oxygen atoms in total. The van der Waals surface area contributed by atoms with Crippen LogP contribution in [0.2, 0.25) is 0 Å². The third-order valence-corrected chi connectivity index (χ3v) is 4.92.